The van der Waals surface area contributed by atoms with E-state index in [2.05, 4.69) is 388 Å². The molecule has 7 heteroatoms. The summed E-state index contributed by atoms with van der Waals surface area (Å²) in [5.41, 5.74) is 31.8. The SMILES string of the molecule is [C-]#[N+]c1ccc2c(c1)c1cc(C(C)(C)C)ccc1n2-c1ccc2c(c1)N(c1c(-c3ccccc3)cc(C(C)(C)C)cc1-c1ccccc1)c1cc(C(C)(C)C)cc3c1B2c1ccc(-n2c4ccc(C#N)cc4c4cc(C(C)(C)C)ccc42)cc1N3c1c(-c2ccccc2)cc(C(C)(C)C)cc1-c1ccccc1. The maximum atomic E-state index is 10.6. The number of anilines is 6. The minimum Gasteiger partial charge on any atom is -0.310 e. The van der Waals surface area contributed by atoms with Crippen LogP contribution in [0.5, 0.6) is 0 Å². The summed E-state index contributed by atoms with van der Waals surface area (Å²) in [5.74, 6) is 0. The third-order valence-corrected chi connectivity index (χ3v) is 22.7. The summed E-state index contributed by atoms with van der Waals surface area (Å²) < 4.78 is 4.89. The van der Waals surface area contributed by atoms with E-state index in [9.17, 15) is 5.26 Å². The molecule has 13 aromatic carbocycles. The standard InChI is InChI=1S/C100H89BN6/c1-96(2,3)67-38-46-86-80(50-67)79-49-62(61-102)37-45-85(79)104(86)73-41-43-83-89(59-73)106(94-75(63-29-21-17-22-30-63)52-69(98(7,8)9)53-76(94)64-31-23-18-24-32-64)91-56-71(100(13,14)15)57-92-93(91)101(83)84-44-42-74(105-87-47-39-68(97(4,5)6)51-81(87)82-58-72(103-16)40-48-88(82)105)60-90(84)107(92)95-77(65-33-25-19-26-34-65)54-70(99(10,11)12)55-78(95)66-35-27-20-28-36-66/h17-60H,1-15H3. The van der Waals surface area contributed by atoms with Gasteiger partial charge in [-0.3, -0.25) is 0 Å². The van der Waals surface area contributed by atoms with Gasteiger partial charge in [-0.1, -0.05) is 256 Å². The van der Waals surface area contributed by atoms with Crippen molar-refractivity contribution in [1.29, 1.82) is 5.26 Å². The molecule has 2 aliphatic rings. The van der Waals surface area contributed by atoms with Crippen LogP contribution < -0.4 is 26.2 Å². The lowest BCUT2D eigenvalue weighted by Crippen LogP contribution is -2.61. The second-order valence-corrected chi connectivity index (χ2v) is 34.9. The van der Waals surface area contributed by atoms with Crippen LogP contribution >= 0.6 is 0 Å². The van der Waals surface area contributed by atoms with E-state index in [1.54, 1.807) is 0 Å². The van der Waals surface area contributed by atoms with Gasteiger partial charge in [0.2, 0.25) is 0 Å². The molecule has 0 spiro atoms. The Kier molecular flexibility index (Phi) is 15.9. The van der Waals surface area contributed by atoms with Crippen molar-refractivity contribution in [3.63, 3.8) is 0 Å². The van der Waals surface area contributed by atoms with Gasteiger partial charge in [-0.2, -0.15) is 5.26 Å². The van der Waals surface area contributed by atoms with E-state index in [4.69, 9.17) is 6.57 Å². The fourth-order valence-corrected chi connectivity index (χ4v) is 16.8. The zero-order valence-corrected chi connectivity index (χ0v) is 64.2. The van der Waals surface area contributed by atoms with Crippen LogP contribution in [0.15, 0.2) is 267 Å². The van der Waals surface area contributed by atoms with Crippen molar-refractivity contribution >= 4 is 107 Å². The second kappa shape index (κ2) is 24.9. The van der Waals surface area contributed by atoms with Gasteiger partial charge in [-0.05, 0) is 214 Å². The maximum Gasteiger partial charge on any atom is 0.252 e. The van der Waals surface area contributed by atoms with Crippen LogP contribution in [0.3, 0.4) is 0 Å². The Morgan fingerprint density at radius 1 is 0.318 bits per heavy atom. The Balaban J connectivity index is 1.07. The average molecular weight is 1390 g/mol. The normalized spacial score (nSPS) is 13.1. The Bertz CT molecular complexity index is 5730. The zero-order valence-electron chi connectivity index (χ0n) is 64.2. The van der Waals surface area contributed by atoms with E-state index in [-0.39, 0.29) is 33.8 Å². The highest BCUT2D eigenvalue weighted by molar-refractivity contribution is 7.00. The highest BCUT2D eigenvalue weighted by Crippen LogP contribution is 2.56. The molecule has 107 heavy (non-hydrogen) atoms. The largest absolute Gasteiger partial charge is 0.310 e. The molecule has 0 saturated heterocycles. The Morgan fingerprint density at radius 2 is 0.645 bits per heavy atom. The predicted octanol–water partition coefficient (Wildman–Crippen LogP) is 25.5. The van der Waals surface area contributed by atoms with Gasteiger partial charge >= 0.3 is 0 Å². The van der Waals surface area contributed by atoms with Gasteiger partial charge in [0, 0.05) is 72.5 Å². The van der Waals surface area contributed by atoms with Crippen LogP contribution in [-0.2, 0) is 27.1 Å². The Hall–Kier alpha value is -11.9. The number of rotatable bonds is 8. The molecule has 6 nitrogen and oxygen atoms in total. The van der Waals surface area contributed by atoms with E-state index >= 15 is 0 Å². The van der Waals surface area contributed by atoms with Crippen molar-refractivity contribution < 1.29 is 0 Å². The highest BCUT2D eigenvalue weighted by Gasteiger charge is 2.47. The first-order valence-corrected chi connectivity index (χ1v) is 37.8. The molecule has 15 aromatic rings. The van der Waals surface area contributed by atoms with Crippen molar-refractivity contribution in [3.8, 4) is 62.0 Å². The number of benzene rings is 13. The quantitative estimate of drug-likeness (QED) is 0.112. The summed E-state index contributed by atoms with van der Waals surface area (Å²) in [4.78, 5) is 9.41. The molecule has 0 bridgehead atoms. The molecule has 0 amide bonds. The summed E-state index contributed by atoms with van der Waals surface area (Å²) in [6, 6.07) is 103. The number of aromatic nitrogens is 2. The number of nitriles is 1. The molecular formula is C100H89BN6. The van der Waals surface area contributed by atoms with Crippen LogP contribution in [0, 0.1) is 17.9 Å². The molecule has 4 heterocycles. The Labute approximate surface area is 631 Å². The molecule has 2 aromatic heterocycles. The van der Waals surface area contributed by atoms with Gasteiger partial charge in [-0.15, -0.1) is 0 Å². The van der Waals surface area contributed by atoms with Crippen molar-refractivity contribution in [3.05, 3.63) is 312 Å². The summed E-state index contributed by atoms with van der Waals surface area (Å²) in [5, 5.41) is 14.9. The summed E-state index contributed by atoms with van der Waals surface area (Å²) >= 11 is 0. The molecule has 0 aliphatic carbocycles. The van der Waals surface area contributed by atoms with Gasteiger partial charge in [0.25, 0.3) is 6.71 Å². The fourth-order valence-electron chi connectivity index (χ4n) is 16.8. The molecule has 0 unspecified atom stereocenters. The fraction of sp³-hybridized carbons (Fsp3) is 0.200. The summed E-state index contributed by atoms with van der Waals surface area (Å²) in [7, 11) is 0. The van der Waals surface area contributed by atoms with Crippen molar-refractivity contribution in [1.82, 2.24) is 9.13 Å². The number of nitrogens with zero attached hydrogens (tertiary/aromatic N) is 6. The zero-order chi connectivity index (χ0) is 74.5. The van der Waals surface area contributed by atoms with E-state index < -0.39 is 0 Å². The van der Waals surface area contributed by atoms with Crippen LogP contribution in [-0.4, -0.2) is 15.8 Å². The smallest absolute Gasteiger partial charge is 0.252 e. The first-order chi connectivity index (χ1) is 51.1. The van der Waals surface area contributed by atoms with Crippen molar-refractivity contribution in [2.45, 2.75) is 131 Å². The minimum absolute atomic E-state index is 0.115. The first kappa shape index (κ1) is 68.2. The van der Waals surface area contributed by atoms with Gasteiger partial charge < -0.3 is 18.9 Å². The van der Waals surface area contributed by atoms with Crippen LogP contribution in [0.25, 0.3) is 104 Å². The lowest BCUT2D eigenvalue weighted by Gasteiger charge is -2.47. The molecule has 0 fully saturated rings. The average Bonchev–Trinajstić information content (AvgIpc) is 1.48. The van der Waals surface area contributed by atoms with Gasteiger partial charge in [-0.25, -0.2) is 4.85 Å². The third kappa shape index (κ3) is 11.4. The summed E-state index contributed by atoms with van der Waals surface area (Å²) in [6.07, 6.45) is 0. The molecule has 0 N–H and O–H groups in total. The van der Waals surface area contributed by atoms with Gasteiger partial charge in [0.05, 0.1) is 51.6 Å². The van der Waals surface area contributed by atoms with Gasteiger partial charge in [0.1, 0.15) is 0 Å². The van der Waals surface area contributed by atoms with Crippen LogP contribution in [0.2, 0.25) is 0 Å². The monoisotopic (exact) mass is 1380 g/mol. The molecule has 0 saturated carbocycles. The van der Waals surface area contributed by atoms with E-state index in [1.165, 1.54) is 44.2 Å². The van der Waals surface area contributed by atoms with E-state index in [0.717, 1.165) is 134 Å². The summed E-state index contributed by atoms with van der Waals surface area (Å²) in [6.45, 7) is 42.8. The highest BCUT2D eigenvalue weighted by atomic mass is 15.2. The lowest BCUT2D eigenvalue weighted by molar-refractivity contribution is 0.590. The topological polar surface area (TPSA) is 44.5 Å². The number of hydrogen-bond acceptors (Lipinski definition) is 3. The minimum atomic E-state index is -0.375. The maximum absolute atomic E-state index is 10.6. The molecule has 0 radical (unpaired) electrons. The molecule has 522 valence electrons. The van der Waals surface area contributed by atoms with Crippen LogP contribution in [0.4, 0.5) is 39.8 Å². The first-order valence-electron chi connectivity index (χ1n) is 37.8. The second-order valence-electron chi connectivity index (χ2n) is 34.9. The third-order valence-electron chi connectivity index (χ3n) is 22.7. The van der Waals surface area contributed by atoms with Gasteiger partial charge in [0.15, 0.2) is 5.69 Å². The molecule has 2 aliphatic heterocycles. The van der Waals surface area contributed by atoms with Crippen molar-refractivity contribution in [2.75, 3.05) is 9.80 Å². The number of fused-ring (bicyclic) bond motifs is 10. The predicted molar refractivity (Wildman–Crippen MR) is 455 cm³/mol. The molecule has 0 atom stereocenters. The van der Waals surface area contributed by atoms with Crippen LogP contribution in [0.1, 0.15) is 137 Å². The van der Waals surface area contributed by atoms with E-state index in [1.807, 2.05) is 12.1 Å². The Morgan fingerprint density at radius 3 is 0.991 bits per heavy atom. The molecule has 17 rings (SSSR count). The van der Waals surface area contributed by atoms with E-state index in [0.29, 0.717) is 11.3 Å². The van der Waals surface area contributed by atoms with Crippen molar-refractivity contribution in [2.24, 2.45) is 0 Å². The lowest BCUT2D eigenvalue weighted by atomic mass is 9.33. The molecular weight excluding hydrogens is 1300 g/mol. The number of hydrogen-bond donors (Lipinski definition) is 0.